The number of aromatic nitrogens is 5. The van der Waals surface area contributed by atoms with E-state index >= 15 is 0 Å². The van der Waals surface area contributed by atoms with Crippen molar-refractivity contribution in [2.75, 3.05) is 11.1 Å². The third kappa shape index (κ3) is 5.08. The number of anilines is 1. The topological polar surface area (TPSA) is 114 Å². The van der Waals surface area contributed by atoms with Gasteiger partial charge in [0.15, 0.2) is 0 Å². The first-order valence-electron chi connectivity index (χ1n) is 8.47. The highest BCUT2D eigenvalue weighted by Crippen LogP contribution is 2.20. The maximum atomic E-state index is 12.2. The number of hydrogen-bond donors (Lipinski definition) is 2. The zero-order valence-corrected chi connectivity index (χ0v) is 16.6. The van der Waals surface area contributed by atoms with Crippen molar-refractivity contribution in [2.24, 2.45) is 0 Å². The summed E-state index contributed by atoms with van der Waals surface area (Å²) >= 11 is 1.09. The van der Waals surface area contributed by atoms with Gasteiger partial charge in [-0.3, -0.25) is 14.6 Å². The van der Waals surface area contributed by atoms with Gasteiger partial charge in [-0.25, -0.2) is 0 Å². The van der Waals surface area contributed by atoms with Crippen LogP contribution < -0.4 is 15.6 Å². The lowest BCUT2D eigenvalue weighted by atomic mass is 9.93. The van der Waals surface area contributed by atoms with Gasteiger partial charge in [0.2, 0.25) is 11.1 Å². The highest BCUT2D eigenvalue weighted by molar-refractivity contribution is 7.99. The largest absolute Gasteiger partial charge is 0.435 e. The Hall–Kier alpha value is -3.02. The Labute approximate surface area is 167 Å². The number of hydrogen-bond acceptors (Lipinski definition) is 7. The van der Waals surface area contributed by atoms with E-state index in [0.29, 0.717) is 16.5 Å². The normalized spacial score (nSPS) is 11.8. The summed E-state index contributed by atoms with van der Waals surface area (Å²) in [6, 6.07) is 5.56. The van der Waals surface area contributed by atoms with Gasteiger partial charge < -0.3 is 10.1 Å². The number of benzene rings is 1. The molecule has 1 amide bonds. The molecular weight excluding hydrogens is 406 g/mol. The van der Waals surface area contributed by atoms with E-state index in [-0.39, 0.29) is 28.7 Å². The highest BCUT2D eigenvalue weighted by Gasteiger charge is 2.22. The van der Waals surface area contributed by atoms with E-state index in [9.17, 15) is 18.4 Å². The van der Waals surface area contributed by atoms with Crippen LogP contribution in [0.25, 0.3) is 5.78 Å². The minimum absolute atomic E-state index is 0.00172. The molecular formula is C17H18F2N6O3S. The van der Waals surface area contributed by atoms with Crippen LogP contribution in [0.1, 0.15) is 26.5 Å². The number of halogens is 2. The predicted molar refractivity (Wildman–Crippen MR) is 103 cm³/mol. The molecule has 0 saturated heterocycles. The van der Waals surface area contributed by atoms with Crippen LogP contribution in [0.5, 0.6) is 5.75 Å². The fourth-order valence-corrected chi connectivity index (χ4v) is 3.05. The minimum atomic E-state index is -2.91. The first-order valence-corrected chi connectivity index (χ1v) is 9.46. The summed E-state index contributed by atoms with van der Waals surface area (Å²) in [4.78, 5) is 26.9. The van der Waals surface area contributed by atoms with Gasteiger partial charge in [0.05, 0.1) is 5.75 Å². The molecule has 29 heavy (non-hydrogen) atoms. The SMILES string of the molecule is CC(C)(C)c1nn2c(SCC(=O)Nc3ccc(OC(F)F)cc3)nnc2[nH]c1=O. The molecule has 2 aromatic heterocycles. The summed E-state index contributed by atoms with van der Waals surface area (Å²) in [6.07, 6.45) is 0. The number of H-pyrrole nitrogens is 1. The highest BCUT2D eigenvalue weighted by atomic mass is 32.2. The zero-order valence-electron chi connectivity index (χ0n) is 15.8. The molecule has 0 aliphatic rings. The Morgan fingerprint density at radius 2 is 1.97 bits per heavy atom. The van der Waals surface area contributed by atoms with Gasteiger partial charge in [-0.15, -0.1) is 10.2 Å². The summed E-state index contributed by atoms with van der Waals surface area (Å²) in [5.41, 5.74) is -0.0695. The average Bonchev–Trinajstić information content (AvgIpc) is 3.01. The molecule has 2 heterocycles. The van der Waals surface area contributed by atoms with E-state index in [0.717, 1.165) is 11.8 Å². The van der Waals surface area contributed by atoms with Crippen molar-refractivity contribution in [1.82, 2.24) is 24.8 Å². The first kappa shape index (κ1) is 20.7. The third-order valence-electron chi connectivity index (χ3n) is 3.66. The number of nitrogens with one attached hydrogen (secondary N) is 2. The molecule has 0 aliphatic carbocycles. The molecule has 3 aromatic rings. The fourth-order valence-electron chi connectivity index (χ4n) is 2.37. The molecule has 9 nitrogen and oxygen atoms in total. The predicted octanol–water partition coefficient (Wildman–Crippen LogP) is 2.44. The molecule has 0 radical (unpaired) electrons. The lowest BCUT2D eigenvalue weighted by molar-refractivity contribution is -0.113. The molecule has 0 bridgehead atoms. The van der Waals surface area contributed by atoms with Crippen molar-refractivity contribution in [3.05, 3.63) is 40.3 Å². The number of aromatic amines is 1. The number of thioether (sulfide) groups is 1. The van der Waals surface area contributed by atoms with Crippen LogP contribution in [-0.2, 0) is 10.2 Å². The van der Waals surface area contributed by atoms with Crippen molar-refractivity contribution in [2.45, 2.75) is 38.0 Å². The fraction of sp³-hybridized carbons (Fsp3) is 0.353. The summed E-state index contributed by atoms with van der Waals surface area (Å²) in [7, 11) is 0. The van der Waals surface area contributed by atoms with Gasteiger partial charge in [0.25, 0.3) is 11.3 Å². The van der Waals surface area contributed by atoms with Crippen LogP contribution >= 0.6 is 11.8 Å². The lowest BCUT2D eigenvalue weighted by Gasteiger charge is -2.15. The monoisotopic (exact) mass is 424 g/mol. The molecule has 0 unspecified atom stereocenters. The Morgan fingerprint density at radius 3 is 2.59 bits per heavy atom. The molecule has 0 fully saturated rings. The Morgan fingerprint density at radius 1 is 1.28 bits per heavy atom. The van der Waals surface area contributed by atoms with Crippen molar-refractivity contribution in [1.29, 1.82) is 0 Å². The second-order valence-corrected chi connectivity index (χ2v) is 7.95. The van der Waals surface area contributed by atoms with Crippen LogP contribution in [0, 0.1) is 0 Å². The average molecular weight is 424 g/mol. The number of nitrogens with zero attached hydrogens (tertiary/aromatic N) is 4. The van der Waals surface area contributed by atoms with Crippen LogP contribution in [-0.4, -0.2) is 43.1 Å². The van der Waals surface area contributed by atoms with E-state index in [1.165, 1.54) is 28.8 Å². The Kier molecular flexibility index (Phi) is 5.82. The maximum absolute atomic E-state index is 12.2. The number of alkyl halides is 2. The van der Waals surface area contributed by atoms with E-state index < -0.39 is 12.0 Å². The summed E-state index contributed by atoms with van der Waals surface area (Å²) in [6.45, 7) is 2.67. The van der Waals surface area contributed by atoms with E-state index in [1.54, 1.807) is 0 Å². The van der Waals surface area contributed by atoms with Crippen LogP contribution in [0.3, 0.4) is 0 Å². The Bertz CT molecular complexity index is 1080. The number of carbonyl (C=O) groups is 1. The molecule has 0 spiro atoms. The second kappa shape index (κ2) is 8.15. The van der Waals surface area contributed by atoms with Crippen molar-refractivity contribution < 1.29 is 18.3 Å². The van der Waals surface area contributed by atoms with Crippen LogP contribution in [0.2, 0.25) is 0 Å². The summed E-state index contributed by atoms with van der Waals surface area (Å²) in [5, 5.41) is 15.1. The second-order valence-electron chi connectivity index (χ2n) is 7.01. The molecule has 1 aromatic carbocycles. The standard InChI is InChI=1S/C17H18F2N6O3S/c1-17(2,3)12-13(27)21-15-22-23-16(25(15)24-12)29-8-11(26)20-9-4-6-10(7-5-9)28-14(18)19/h4-7,14H,8H2,1-3H3,(H,20,26)(H,21,22,27). The molecule has 154 valence electrons. The van der Waals surface area contributed by atoms with E-state index in [4.69, 9.17) is 0 Å². The number of fused-ring (bicyclic) bond motifs is 1. The number of rotatable bonds is 6. The molecule has 2 N–H and O–H groups in total. The van der Waals surface area contributed by atoms with Gasteiger partial charge in [-0.2, -0.15) is 18.4 Å². The quantitative estimate of drug-likeness (QED) is 0.584. The Balaban J connectivity index is 1.67. The third-order valence-corrected chi connectivity index (χ3v) is 4.58. The van der Waals surface area contributed by atoms with Gasteiger partial charge in [0, 0.05) is 11.1 Å². The van der Waals surface area contributed by atoms with Crippen LogP contribution in [0.4, 0.5) is 14.5 Å². The van der Waals surface area contributed by atoms with Gasteiger partial charge >= 0.3 is 6.61 Å². The molecule has 12 heteroatoms. The lowest BCUT2D eigenvalue weighted by Crippen LogP contribution is -2.28. The number of amides is 1. The van der Waals surface area contributed by atoms with Crippen LogP contribution in [0.15, 0.2) is 34.2 Å². The molecule has 0 saturated carbocycles. The summed E-state index contributed by atoms with van der Waals surface area (Å²) in [5.74, 6) is -0.158. The van der Waals surface area contributed by atoms with Crippen molar-refractivity contribution in [3.8, 4) is 5.75 Å². The molecule has 3 rings (SSSR count). The van der Waals surface area contributed by atoms with E-state index in [1.807, 2.05) is 20.8 Å². The number of carbonyl (C=O) groups excluding carboxylic acids is 1. The molecule has 0 aliphatic heterocycles. The van der Waals surface area contributed by atoms with Crippen molar-refractivity contribution >= 4 is 29.1 Å². The maximum Gasteiger partial charge on any atom is 0.387 e. The van der Waals surface area contributed by atoms with Gasteiger partial charge in [-0.1, -0.05) is 32.5 Å². The van der Waals surface area contributed by atoms with E-state index in [2.05, 4.69) is 30.3 Å². The smallest absolute Gasteiger partial charge is 0.387 e. The molecule has 0 atom stereocenters. The first-order chi connectivity index (χ1) is 13.6. The number of ether oxygens (including phenoxy) is 1. The minimum Gasteiger partial charge on any atom is -0.435 e. The van der Waals surface area contributed by atoms with Crippen molar-refractivity contribution in [3.63, 3.8) is 0 Å². The summed E-state index contributed by atoms with van der Waals surface area (Å²) < 4.78 is 30.0. The zero-order chi connectivity index (χ0) is 21.2. The van der Waals surface area contributed by atoms with Gasteiger partial charge in [-0.05, 0) is 24.3 Å². The van der Waals surface area contributed by atoms with Gasteiger partial charge in [0.1, 0.15) is 11.4 Å².